The zero-order chi connectivity index (χ0) is 18.4. The molecule has 26 heavy (non-hydrogen) atoms. The summed E-state index contributed by atoms with van der Waals surface area (Å²) >= 11 is 0. The number of anilines is 1. The average Bonchev–Trinajstić information content (AvgIpc) is 3.05. The first kappa shape index (κ1) is 17.6. The summed E-state index contributed by atoms with van der Waals surface area (Å²) in [6.07, 6.45) is 0.640. The monoisotopic (exact) mass is 359 g/mol. The van der Waals surface area contributed by atoms with E-state index >= 15 is 0 Å². The van der Waals surface area contributed by atoms with Crippen molar-refractivity contribution in [3.05, 3.63) is 52.6 Å². The number of hydrogen-bond acceptors (Lipinski definition) is 7. The standard InChI is InChI=1S/C16H17N5O5/c22-6-7-25-10-21-9-17-12-13(21)18-15(19-14(12)23)20-16(24)26-8-11-4-2-1-3-5-11/h1-5,9,22H,6-8,10H2,(H2,18,19,20,23,24). The van der Waals surface area contributed by atoms with Crippen LogP contribution in [0.4, 0.5) is 10.7 Å². The summed E-state index contributed by atoms with van der Waals surface area (Å²) in [5.41, 5.74) is 0.679. The van der Waals surface area contributed by atoms with Crippen molar-refractivity contribution in [3.8, 4) is 0 Å². The van der Waals surface area contributed by atoms with E-state index in [2.05, 4.69) is 20.3 Å². The lowest BCUT2D eigenvalue weighted by atomic mass is 10.2. The maximum atomic E-state index is 12.1. The Balaban J connectivity index is 1.70. The highest BCUT2D eigenvalue weighted by molar-refractivity contribution is 5.83. The number of nitrogens with one attached hydrogen (secondary N) is 2. The van der Waals surface area contributed by atoms with Gasteiger partial charge in [0, 0.05) is 0 Å². The van der Waals surface area contributed by atoms with Crippen molar-refractivity contribution < 1.29 is 19.4 Å². The normalized spacial score (nSPS) is 10.8. The van der Waals surface area contributed by atoms with E-state index in [4.69, 9.17) is 14.6 Å². The Labute approximate surface area is 147 Å². The lowest BCUT2D eigenvalue weighted by Gasteiger charge is -2.07. The van der Waals surface area contributed by atoms with Gasteiger partial charge in [-0.1, -0.05) is 30.3 Å². The highest BCUT2D eigenvalue weighted by atomic mass is 16.5. The Morgan fingerprint density at radius 3 is 2.88 bits per heavy atom. The van der Waals surface area contributed by atoms with Crippen molar-refractivity contribution in [1.29, 1.82) is 0 Å². The molecule has 0 atom stereocenters. The third-order valence-corrected chi connectivity index (χ3v) is 3.37. The molecule has 0 bridgehead atoms. The first-order chi connectivity index (χ1) is 12.7. The van der Waals surface area contributed by atoms with Crippen LogP contribution in [0.25, 0.3) is 11.2 Å². The molecule has 2 heterocycles. The van der Waals surface area contributed by atoms with Crippen LogP contribution < -0.4 is 10.9 Å². The van der Waals surface area contributed by atoms with Crippen LogP contribution in [0.2, 0.25) is 0 Å². The molecule has 3 N–H and O–H groups in total. The molecule has 1 aromatic carbocycles. The maximum absolute atomic E-state index is 12.1. The lowest BCUT2D eigenvalue weighted by Crippen LogP contribution is -2.20. The molecule has 0 aliphatic heterocycles. The van der Waals surface area contributed by atoms with Gasteiger partial charge in [0.15, 0.2) is 11.2 Å². The molecule has 3 rings (SSSR count). The fourth-order valence-electron chi connectivity index (χ4n) is 2.19. The number of hydrogen-bond donors (Lipinski definition) is 3. The number of carbonyl (C=O) groups is 1. The molecular weight excluding hydrogens is 342 g/mol. The highest BCUT2D eigenvalue weighted by Crippen LogP contribution is 2.09. The number of fused-ring (bicyclic) bond motifs is 1. The predicted molar refractivity (Wildman–Crippen MR) is 91.4 cm³/mol. The molecule has 0 unspecified atom stereocenters. The van der Waals surface area contributed by atoms with E-state index in [0.717, 1.165) is 5.56 Å². The Morgan fingerprint density at radius 1 is 1.31 bits per heavy atom. The number of aliphatic hydroxyl groups is 1. The van der Waals surface area contributed by atoms with E-state index in [0.29, 0.717) is 0 Å². The van der Waals surface area contributed by atoms with Crippen LogP contribution in [0, 0.1) is 0 Å². The van der Waals surface area contributed by atoms with Crippen LogP contribution >= 0.6 is 0 Å². The smallest absolute Gasteiger partial charge is 0.414 e. The SMILES string of the molecule is O=C(Nc1nc2c(ncn2COCCO)c(=O)[nH]1)OCc1ccccc1. The van der Waals surface area contributed by atoms with Gasteiger partial charge in [0.2, 0.25) is 5.95 Å². The molecule has 0 spiro atoms. The second-order valence-corrected chi connectivity index (χ2v) is 5.25. The molecule has 0 aliphatic carbocycles. The summed E-state index contributed by atoms with van der Waals surface area (Å²) in [6, 6.07) is 9.18. The van der Waals surface area contributed by atoms with E-state index in [1.165, 1.54) is 10.9 Å². The van der Waals surface area contributed by atoms with E-state index in [1.54, 1.807) is 0 Å². The molecule has 0 radical (unpaired) electrons. The number of aliphatic hydroxyl groups excluding tert-OH is 1. The fraction of sp³-hybridized carbons (Fsp3) is 0.250. The van der Waals surface area contributed by atoms with Gasteiger partial charge in [-0.3, -0.25) is 19.7 Å². The number of imidazole rings is 1. The first-order valence-corrected chi connectivity index (χ1v) is 7.79. The van der Waals surface area contributed by atoms with Gasteiger partial charge in [-0.2, -0.15) is 4.98 Å². The second-order valence-electron chi connectivity index (χ2n) is 5.25. The topological polar surface area (TPSA) is 131 Å². The molecule has 136 valence electrons. The van der Waals surface area contributed by atoms with Gasteiger partial charge in [-0.05, 0) is 5.56 Å². The summed E-state index contributed by atoms with van der Waals surface area (Å²) in [5, 5.41) is 11.1. The van der Waals surface area contributed by atoms with Crippen molar-refractivity contribution in [3.63, 3.8) is 0 Å². The highest BCUT2D eigenvalue weighted by Gasteiger charge is 2.12. The van der Waals surface area contributed by atoms with E-state index in [9.17, 15) is 9.59 Å². The Hall–Kier alpha value is -3.24. The minimum atomic E-state index is -0.751. The van der Waals surface area contributed by atoms with Crippen molar-refractivity contribution >= 4 is 23.2 Å². The zero-order valence-electron chi connectivity index (χ0n) is 13.7. The third kappa shape index (κ3) is 4.23. The van der Waals surface area contributed by atoms with Crippen LogP contribution in [0.3, 0.4) is 0 Å². The van der Waals surface area contributed by atoms with Crippen LogP contribution in [0.1, 0.15) is 5.56 Å². The maximum Gasteiger partial charge on any atom is 0.414 e. The molecule has 0 saturated heterocycles. The van der Waals surface area contributed by atoms with Crippen LogP contribution in [-0.4, -0.2) is 43.9 Å². The number of carbonyl (C=O) groups excluding carboxylic acids is 1. The largest absolute Gasteiger partial charge is 0.444 e. The van der Waals surface area contributed by atoms with Crippen molar-refractivity contribution in [2.75, 3.05) is 18.5 Å². The minimum Gasteiger partial charge on any atom is -0.444 e. The number of H-pyrrole nitrogens is 1. The fourth-order valence-corrected chi connectivity index (χ4v) is 2.19. The third-order valence-electron chi connectivity index (χ3n) is 3.37. The minimum absolute atomic E-state index is 0.0609. The molecule has 0 fully saturated rings. The zero-order valence-corrected chi connectivity index (χ0v) is 13.7. The van der Waals surface area contributed by atoms with Crippen LogP contribution in [-0.2, 0) is 22.8 Å². The van der Waals surface area contributed by atoms with E-state index in [1.807, 2.05) is 30.3 Å². The summed E-state index contributed by atoms with van der Waals surface area (Å²) < 4.78 is 11.8. The molecule has 2 aromatic heterocycles. The Morgan fingerprint density at radius 2 is 2.12 bits per heavy atom. The summed E-state index contributed by atoms with van der Waals surface area (Å²) in [5.74, 6) is -0.0653. The average molecular weight is 359 g/mol. The quantitative estimate of drug-likeness (QED) is 0.533. The molecule has 3 aromatic rings. The molecule has 10 nitrogen and oxygen atoms in total. The second kappa shape index (κ2) is 8.23. The number of rotatable bonds is 7. The van der Waals surface area contributed by atoms with Crippen LogP contribution in [0.5, 0.6) is 0 Å². The predicted octanol–water partition coefficient (Wildman–Crippen LogP) is 0.835. The van der Waals surface area contributed by atoms with Gasteiger partial charge < -0.3 is 14.6 Å². The molecule has 0 saturated carbocycles. The van der Waals surface area contributed by atoms with Gasteiger partial charge in [-0.15, -0.1) is 0 Å². The van der Waals surface area contributed by atoms with Gasteiger partial charge >= 0.3 is 6.09 Å². The van der Waals surface area contributed by atoms with Crippen molar-refractivity contribution in [2.45, 2.75) is 13.3 Å². The lowest BCUT2D eigenvalue weighted by molar-refractivity contribution is 0.0499. The van der Waals surface area contributed by atoms with Gasteiger partial charge in [0.25, 0.3) is 5.56 Å². The summed E-state index contributed by atoms with van der Waals surface area (Å²) in [6.45, 7) is 0.165. The summed E-state index contributed by atoms with van der Waals surface area (Å²) in [4.78, 5) is 34.5. The van der Waals surface area contributed by atoms with Crippen molar-refractivity contribution in [1.82, 2.24) is 19.5 Å². The number of nitrogens with zero attached hydrogens (tertiary/aromatic N) is 3. The van der Waals surface area contributed by atoms with E-state index in [-0.39, 0.29) is 43.7 Å². The van der Waals surface area contributed by atoms with E-state index < -0.39 is 11.7 Å². The number of aromatic amines is 1. The summed E-state index contributed by atoms with van der Waals surface area (Å²) in [7, 11) is 0. The van der Waals surface area contributed by atoms with Crippen molar-refractivity contribution in [2.24, 2.45) is 0 Å². The number of ether oxygens (including phenoxy) is 2. The number of benzene rings is 1. The van der Waals surface area contributed by atoms with Gasteiger partial charge in [-0.25, -0.2) is 9.78 Å². The van der Waals surface area contributed by atoms with Crippen LogP contribution in [0.15, 0.2) is 41.5 Å². The molecule has 0 aliphatic rings. The molecule has 1 amide bonds. The Kier molecular flexibility index (Phi) is 5.56. The number of amides is 1. The number of aromatic nitrogens is 4. The molecule has 10 heteroatoms. The first-order valence-electron chi connectivity index (χ1n) is 7.79. The van der Waals surface area contributed by atoms with Gasteiger partial charge in [0.05, 0.1) is 19.5 Å². The van der Waals surface area contributed by atoms with Gasteiger partial charge in [0.1, 0.15) is 13.3 Å². The molecular formula is C16H17N5O5. The Bertz CT molecular complexity index is 937.